The molecule has 0 spiro atoms. The number of hydrogen-bond acceptors (Lipinski definition) is 7. The number of hydrogen-bond donors (Lipinski definition) is 2. The van der Waals surface area contributed by atoms with Gasteiger partial charge in [0, 0.05) is 39.2 Å². The fourth-order valence-corrected chi connectivity index (χ4v) is 5.62. The Bertz CT molecular complexity index is 1690. The van der Waals surface area contributed by atoms with Crippen LogP contribution in [0.15, 0.2) is 113 Å². The summed E-state index contributed by atoms with van der Waals surface area (Å²) >= 11 is 2.62. The van der Waals surface area contributed by atoms with Crippen molar-refractivity contribution in [1.29, 1.82) is 0 Å². The Labute approximate surface area is 242 Å². The van der Waals surface area contributed by atoms with E-state index in [1.54, 1.807) is 41.8 Å². The van der Waals surface area contributed by atoms with Crippen LogP contribution in [0.5, 0.6) is 0 Å². The molecule has 1 atom stereocenters. The van der Waals surface area contributed by atoms with E-state index in [1.807, 2.05) is 30.3 Å². The van der Waals surface area contributed by atoms with Crippen LogP contribution in [0.2, 0.25) is 0 Å². The minimum Gasteiger partial charge on any atom is -0.322 e. The van der Waals surface area contributed by atoms with Crippen molar-refractivity contribution in [3.05, 3.63) is 136 Å². The molecule has 2 amide bonds. The summed E-state index contributed by atoms with van der Waals surface area (Å²) in [7, 11) is 0. The number of carbonyl (C=O) groups excluding carboxylic acids is 2. The molecule has 11 heteroatoms. The first kappa shape index (κ1) is 27.7. The average Bonchev–Trinajstić information content (AvgIpc) is 3.46. The number of nitro benzene ring substituents is 1. The number of amides is 2. The van der Waals surface area contributed by atoms with Crippen molar-refractivity contribution >= 4 is 51.4 Å². The number of carbonyl (C=O) groups is 2. The standard InChI is InChI=1S/C30H21FN4O4S2/c31-22-11-9-19(10-12-22)26-18-40-30(33-26)34-29(37)27(20-5-2-1-3-6-20)41-25-15-13-23(14-16-25)32-28(36)21-7-4-8-24(17-21)35(38)39/h1-18,27H,(H,32,36)(H,33,34,37). The molecular formula is C30H21FN4O4S2. The van der Waals surface area contributed by atoms with Crippen LogP contribution in [-0.2, 0) is 4.79 Å². The van der Waals surface area contributed by atoms with E-state index in [4.69, 9.17) is 0 Å². The van der Waals surface area contributed by atoms with Crippen molar-refractivity contribution in [2.24, 2.45) is 0 Å². The summed E-state index contributed by atoms with van der Waals surface area (Å²) in [6, 6.07) is 27.8. The number of anilines is 2. The molecule has 0 aliphatic carbocycles. The van der Waals surface area contributed by atoms with E-state index in [0.29, 0.717) is 16.5 Å². The molecular weight excluding hydrogens is 563 g/mol. The molecule has 0 saturated heterocycles. The maximum Gasteiger partial charge on any atom is 0.270 e. The van der Waals surface area contributed by atoms with Crippen LogP contribution in [0, 0.1) is 15.9 Å². The van der Waals surface area contributed by atoms with E-state index in [-0.39, 0.29) is 23.0 Å². The smallest absolute Gasteiger partial charge is 0.270 e. The summed E-state index contributed by atoms with van der Waals surface area (Å²) in [4.78, 5) is 41.8. The third kappa shape index (κ3) is 7.02. The molecule has 5 aromatic rings. The highest BCUT2D eigenvalue weighted by Gasteiger charge is 2.23. The Kier molecular flexibility index (Phi) is 8.47. The van der Waals surface area contributed by atoms with E-state index >= 15 is 0 Å². The van der Waals surface area contributed by atoms with E-state index in [0.717, 1.165) is 16.0 Å². The molecule has 0 bridgehead atoms. The zero-order valence-corrected chi connectivity index (χ0v) is 22.8. The normalized spacial score (nSPS) is 11.4. The molecule has 1 unspecified atom stereocenters. The Morgan fingerprint density at radius 2 is 1.63 bits per heavy atom. The van der Waals surface area contributed by atoms with Gasteiger partial charge in [-0.25, -0.2) is 9.37 Å². The van der Waals surface area contributed by atoms with Gasteiger partial charge in [0.25, 0.3) is 11.6 Å². The Morgan fingerprint density at radius 1 is 0.902 bits per heavy atom. The molecule has 5 rings (SSSR count). The van der Waals surface area contributed by atoms with Gasteiger partial charge in [-0.05, 0) is 60.2 Å². The van der Waals surface area contributed by atoms with E-state index < -0.39 is 16.1 Å². The maximum atomic E-state index is 13.4. The van der Waals surface area contributed by atoms with Crippen LogP contribution in [0.4, 0.5) is 20.9 Å². The fourth-order valence-electron chi connectivity index (χ4n) is 3.87. The Balaban J connectivity index is 1.29. The minimum absolute atomic E-state index is 0.168. The van der Waals surface area contributed by atoms with Gasteiger partial charge in [0.2, 0.25) is 5.91 Å². The summed E-state index contributed by atoms with van der Waals surface area (Å²) in [5.74, 6) is -1.07. The summed E-state index contributed by atoms with van der Waals surface area (Å²) < 4.78 is 13.3. The van der Waals surface area contributed by atoms with E-state index in [9.17, 15) is 24.1 Å². The first-order chi connectivity index (χ1) is 19.9. The zero-order valence-electron chi connectivity index (χ0n) is 21.2. The summed E-state index contributed by atoms with van der Waals surface area (Å²) in [5, 5.41) is 18.3. The largest absolute Gasteiger partial charge is 0.322 e. The minimum atomic E-state index is -0.598. The molecule has 1 heterocycles. The highest BCUT2D eigenvalue weighted by atomic mass is 32.2. The molecule has 0 saturated carbocycles. The van der Waals surface area contributed by atoms with E-state index in [2.05, 4.69) is 15.6 Å². The summed E-state index contributed by atoms with van der Waals surface area (Å²) in [5.41, 5.74) is 2.69. The first-order valence-electron chi connectivity index (χ1n) is 12.3. The number of thioether (sulfide) groups is 1. The van der Waals surface area contributed by atoms with Gasteiger partial charge in [-0.3, -0.25) is 19.7 Å². The third-order valence-corrected chi connectivity index (χ3v) is 7.92. The second-order valence-corrected chi connectivity index (χ2v) is 10.8. The van der Waals surface area contributed by atoms with Crippen molar-refractivity contribution in [3.8, 4) is 11.3 Å². The quantitative estimate of drug-likeness (QED) is 0.105. The van der Waals surface area contributed by atoms with Gasteiger partial charge in [0.1, 0.15) is 11.1 Å². The number of benzene rings is 4. The van der Waals surface area contributed by atoms with Crippen LogP contribution in [0.25, 0.3) is 11.3 Å². The maximum absolute atomic E-state index is 13.4. The predicted molar refractivity (Wildman–Crippen MR) is 159 cm³/mol. The molecule has 0 radical (unpaired) electrons. The van der Waals surface area contributed by atoms with Crippen LogP contribution in [0.1, 0.15) is 21.2 Å². The SMILES string of the molecule is O=C(Nc1ccc(SC(C(=O)Nc2nc(-c3ccc(F)cc3)cs2)c2ccccc2)cc1)c1cccc([N+](=O)[O-])c1. The van der Waals surface area contributed by atoms with Crippen LogP contribution in [0.3, 0.4) is 0 Å². The van der Waals surface area contributed by atoms with Gasteiger partial charge < -0.3 is 10.6 Å². The summed E-state index contributed by atoms with van der Waals surface area (Å²) in [6.45, 7) is 0. The number of halogens is 1. The molecule has 41 heavy (non-hydrogen) atoms. The number of thiazole rings is 1. The molecule has 204 valence electrons. The highest BCUT2D eigenvalue weighted by Crippen LogP contribution is 2.37. The topological polar surface area (TPSA) is 114 Å². The van der Waals surface area contributed by atoms with Gasteiger partial charge in [-0.2, -0.15) is 0 Å². The Morgan fingerprint density at radius 3 is 2.34 bits per heavy atom. The number of aromatic nitrogens is 1. The van der Waals surface area contributed by atoms with Crippen molar-refractivity contribution in [1.82, 2.24) is 4.98 Å². The lowest BCUT2D eigenvalue weighted by molar-refractivity contribution is -0.384. The second kappa shape index (κ2) is 12.5. The van der Waals surface area contributed by atoms with Gasteiger partial charge in [-0.15, -0.1) is 23.1 Å². The number of nitrogens with one attached hydrogen (secondary N) is 2. The monoisotopic (exact) mass is 584 g/mol. The van der Waals surface area contributed by atoms with Crippen LogP contribution >= 0.6 is 23.1 Å². The molecule has 1 aromatic heterocycles. The van der Waals surface area contributed by atoms with Crippen molar-refractivity contribution in [2.75, 3.05) is 10.6 Å². The fraction of sp³-hybridized carbons (Fsp3) is 0.0333. The van der Waals surface area contributed by atoms with Gasteiger partial charge in [-0.1, -0.05) is 36.4 Å². The lowest BCUT2D eigenvalue weighted by atomic mass is 10.1. The van der Waals surface area contributed by atoms with Crippen molar-refractivity contribution in [2.45, 2.75) is 10.1 Å². The van der Waals surface area contributed by atoms with Gasteiger partial charge in [0.05, 0.1) is 10.6 Å². The molecule has 0 aliphatic rings. The van der Waals surface area contributed by atoms with Gasteiger partial charge in [0.15, 0.2) is 5.13 Å². The van der Waals surface area contributed by atoms with Crippen molar-refractivity contribution < 1.29 is 18.9 Å². The molecule has 8 nitrogen and oxygen atoms in total. The van der Waals surface area contributed by atoms with Gasteiger partial charge >= 0.3 is 0 Å². The number of nitro groups is 1. The number of nitrogens with zero attached hydrogens (tertiary/aromatic N) is 2. The van der Waals surface area contributed by atoms with Crippen LogP contribution < -0.4 is 10.6 Å². The predicted octanol–water partition coefficient (Wildman–Crippen LogP) is 7.58. The average molecular weight is 585 g/mol. The lowest BCUT2D eigenvalue weighted by Crippen LogP contribution is -2.19. The second-order valence-electron chi connectivity index (χ2n) is 8.73. The number of non-ortho nitro benzene ring substituents is 1. The van der Waals surface area contributed by atoms with E-state index in [1.165, 1.54) is 59.5 Å². The molecule has 2 N–H and O–H groups in total. The number of rotatable bonds is 9. The molecule has 0 fully saturated rings. The molecule has 4 aromatic carbocycles. The first-order valence-corrected chi connectivity index (χ1v) is 14.0. The van der Waals surface area contributed by atoms with Crippen LogP contribution in [-0.4, -0.2) is 21.7 Å². The van der Waals surface area contributed by atoms with Crippen molar-refractivity contribution in [3.63, 3.8) is 0 Å². The lowest BCUT2D eigenvalue weighted by Gasteiger charge is -2.16. The zero-order chi connectivity index (χ0) is 28.8. The molecule has 0 aliphatic heterocycles. The Hall–Kier alpha value is -4.87. The summed E-state index contributed by atoms with van der Waals surface area (Å²) in [6.07, 6.45) is 0. The highest BCUT2D eigenvalue weighted by molar-refractivity contribution is 8.00. The third-order valence-electron chi connectivity index (χ3n) is 5.90.